The Morgan fingerprint density at radius 1 is 1.00 bits per heavy atom. The lowest BCUT2D eigenvalue weighted by Crippen LogP contribution is -1.94. The van der Waals surface area contributed by atoms with E-state index < -0.39 is 5.97 Å². The van der Waals surface area contributed by atoms with Gasteiger partial charge in [-0.15, -0.1) is 0 Å². The number of aliphatic carboxylic acids is 1. The molecule has 0 unspecified atom stereocenters. The molecule has 1 aliphatic heterocycles. The van der Waals surface area contributed by atoms with Crippen LogP contribution in [0, 0.1) is 0 Å². The standard InChI is InChI=1S/C7H14O2.C4H8.C3H6S/c1-2-3-4-5-6-7(8)9;2*1-2-4-3-1/h2-6H2,1H3,(H,8,9);1-4H2;1-3H2. The number of carbonyl (C=O) groups is 1. The SMILES string of the molecule is C1CCC1.C1CSC1.CCCCCCC(=O)O. The molecule has 0 atom stereocenters. The summed E-state index contributed by atoms with van der Waals surface area (Å²) in [6.45, 7) is 2.11. The van der Waals surface area contributed by atoms with Gasteiger partial charge in [0.25, 0.3) is 0 Å². The lowest BCUT2D eigenvalue weighted by Gasteiger charge is -2.05. The van der Waals surface area contributed by atoms with E-state index in [9.17, 15) is 4.79 Å². The van der Waals surface area contributed by atoms with Crippen molar-refractivity contribution in [2.24, 2.45) is 0 Å². The molecule has 2 fully saturated rings. The third-order valence-corrected chi connectivity index (χ3v) is 3.98. The molecule has 0 aromatic heterocycles. The van der Waals surface area contributed by atoms with Gasteiger partial charge in [0.05, 0.1) is 0 Å². The van der Waals surface area contributed by atoms with Gasteiger partial charge in [-0.1, -0.05) is 51.9 Å². The molecule has 2 nitrogen and oxygen atoms in total. The first-order valence-corrected chi connectivity index (χ1v) is 8.22. The lowest BCUT2D eigenvalue weighted by atomic mass is 10.0. The van der Waals surface area contributed by atoms with Crippen LogP contribution in [0.4, 0.5) is 0 Å². The maximum Gasteiger partial charge on any atom is 0.303 e. The predicted octanol–water partition coefficient (Wildman–Crippen LogP) is 4.73. The minimum Gasteiger partial charge on any atom is -0.481 e. The second-order valence-corrected chi connectivity index (χ2v) is 5.81. The second kappa shape index (κ2) is 13.9. The number of hydrogen-bond donors (Lipinski definition) is 1. The fourth-order valence-electron chi connectivity index (χ4n) is 1.10. The van der Waals surface area contributed by atoms with Crippen molar-refractivity contribution >= 4 is 17.7 Å². The van der Waals surface area contributed by atoms with Gasteiger partial charge in [0.2, 0.25) is 0 Å². The molecule has 0 aromatic rings. The summed E-state index contributed by atoms with van der Waals surface area (Å²) in [5.41, 5.74) is 0. The van der Waals surface area contributed by atoms with Crippen LogP contribution in [0.15, 0.2) is 0 Å². The summed E-state index contributed by atoms with van der Waals surface area (Å²) in [7, 11) is 0. The molecule has 2 aliphatic rings. The highest BCUT2D eigenvalue weighted by Crippen LogP contribution is 2.15. The van der Waals surface area contributed by atoms with Crippen molar-refractivity contribution in [3.05, 3.63) is 0 Å². The van der Waals surface area contributed by atoms with Crippen molar-refractivity contribution in [2.75, 3.05) is 11.5 Å². The summed E-state index contributed by atoms with van der Waals surface area (Å²) in [5.74, 6) is 2.16. The Kier molecular flexibility index (Phi) is 13.7. The Morgan fingerprint density at radius 2 is 1.47 bits per heavy atom. The molecule has 1 aliphatic carbocycles. The molecular formula is C14H28O2S. The van der Waals surface area contributed by atoms with Crippen molar-refractivity contribution < 1.29 is 9.90 Å². The van der Waals surface area contributed by atoms with Crippen LogP contribution in [-0.4, -0.2) is 22.6 Å². The van der Waals surface area contributed by atoms with Gasteiger partial charge in [0.15, 0.2) is 0 Å². The molecule has 3 heteroatoms. The summed E-state index contributed by atoms with van der Waals surface area (Å²) in [6, 6.07) is 0. The van der Waals surface area contributed by atoms with E-state index in [-0.39, 0.29) is 0 Å². The molecule has 1 N–H and O–H groups in total. The van der Waals surface area contributed by atoms with Gasteiger partial charge in [-0.3, -0.25) is 4.79 Å². The van der Waals surface area contributed by atoms with E-state index in [1.807, 2.05) is 11.8 Å². The molecule has 0 aromatic carbocycles. The van der Waals surface area contributed by atoms with E-state index in [0.717, 1.165) is 19.3 Å². The zero-order valence-corrected chi connectivity index (χ0v) is 12.1. The average Bonchev–Trinajstić information content (AvgIpc) is 2.06. The molecule has 0 bridgehead atoms. The molecular weight excluding hydrogens is 232 g/mol. The Labute approximate surface area is 111 Å². The first-order chi connectivity index (χ1) is 8.27. The summed E-state index contributed by atoms with van der Waals surface area (Å²) in [6.07, 6.45) is 12.0. The van der Waals surface area contributed by atoms with E-state index >= 15 is 0 Å². The molecule has 0 amide bonds. The maximum absolute atomic E-state index is 9.96. The van der Waals surface area contributed by atoms with Crippen LogP contribution in [0.1, 0.15) is 71.1 Å². The highest BCUT2D eigenvalue weighted by molar-refractivity contribution is 8.00. The number of rotatable bonds is 5. The fourth-order valence-corrected chi connectivity index (χ4v) is 1.39. The number of hydrogen-bond acceptors (Lipinski definition) is 2. The van der Waals surface area contributed by atoms with Crippen molar-refractivity contribution in [3.8, 4) is 0 Å². The maximum atomic E-state index is 9.96. The fraction of sp³-hybridized carbons (Fsp3) is 0.929. The molecule has 1 heterocycles. The number of carboxylic acids is 1. The van der Waals surface area contributed by atoms with Gasteiger partial charge in [-0.25, -0.2) is 0 Å². The van der Waals surface area contributed by atoms with Gasteiger partial charge in [0, 0.05) is 6.42 Å². The number of thioether (sulfide) groups is 1. The number of carboxylic acid groups (broad SMARTS) is 1. The van der Waals surface area contributed by atoms with Gasteiger partial charge in [0.1, 0.15) is 0 Å². The van der Waals surface area contributed by atoms with E-state index in [1.165, 1.54) is 50.0 Å². The Morgan fingerprint density at radius 3 is 1.71 bits per heavy atom. The minimum atomic E-state index is -0.675. The Balaban J connectivity index is 0.000000258. The largest absolute Gasteiger partial charge is 0.481 e. The van der Waals surface area contributed by atoms with E-state index in [4.69, 9.17) is 5.11 Å². The monoisotopic (exact) mass is 260 g/mol. The molecule has 0 radical (unpaired) electrons. The Hall–Kier alpha value is -0.180. The third kappa shape index (κ3) is 15.8. The van der Waals surface area contributed by atoms with Crippen molar-refractivity contribution in [3.63, 3.8) is 0 Å². The average molecular weight is 260 g/mol. The van der Waals surface area contributed by atoms with E-state index in [2.05, 4.69) is 6.92 Å². The van der Waals surface area contributed by atoms with Gasteiger partial charge >= 0.3 is 5.97 Å². The van der Waals surface area contributed by atoms with Crippen LogP contribution in [0.2, 0.25) is 0 Å². The molecule has 1 saturated carbocycles. The second-order valence-electron chi connectivity index (χ2n) is 4.58. The van der Waals surface area contributed by atoms with Crippen LogP contribution >= 0.6 is 11.8 Å². The van der Waals surface area contributed by atoms with Crippen LogP contribution in [0.5, 0.6) is 0 Å². The first kappa shape index (κ1) is 16.8. The lowest BCUT2D eigenvalue weighted by molar-refractivity contribution is -0.137. The normalized spacial score (nSPS) is 16.3. The molecule has 2 rings (SSSR count). The summed E-state index contributed by atoms with van der Waals surface area (Å²) < 4.78 is 0. The predicted molar refractivity (Wildman–Crippen MR) is 76.8 cm³/mol. The first-order valence-electron chi connectivity index (χ1n) is 7.07. The van der Waals surface area contributed by atoms with Crippen molar-refractivity contribution in [1.29, 1.82) is 0 Å². The molecule has 0 spiro atoms. The number of unbranched alkanes of at least 4 members (excludes halogenated alkanes) is 3. The molecule has 1 saturated heterocycles. The van der Waals surface area contributed by atoms with Crippen LogP contribution < -0.4 is 0 Å². The van der Waals surface area contributed by atoms with Gasteiger partial charge < -0.3 is 5.11 Å². The van der Waals surface area contributed by atoms with Crippen LogP contribution in [0.25, 0.3) is 0 Å². The zero-order valence-electron chi connectivity index (χ0n) is 11.2. The quantitative estimate of drug-likeness (QED) is 0.726. The van der Waals surface area contributed by atoms with Gasteiger partial charge in [-0.05, 0) is 24.3 Å². The van der Waals surface area contributed by atoms with Gasteiger partial charge in [-0.2, -0.15) is 11.8 Å². The highest BCUT2D eigenvalue weighted by atomic mass is 32.2. The van der Waals surface area contributed by atoms with Crippen molar-refractivity contribution in [2.45, 2.75) is 71.1 Å². The summed E-state index contributed by atoms with van der Waals surface area (Å²) in [4.78, 5) is 9.96. The Bertz CT molecular complexity index is 148. The summed E-state index contributed by atoms with van der Waals surface area (Å²) in [5, 5.41) is 8.21. The topological polar surface area (TPSA) is 37.3 Å². The molecule has 102 valence electrons. The van der Waals surface area contributed by atoms with Crippen LogP contribution in [0.3, 0.4) is 0 Å². The summed E-state index contributed by atoms with van der Waals surface area (Å²) >= 11 is 2.04. The van der Waals surface area contributed by atoms with Crippen LogP contribution in [-0.2, 0) is 4.79 Å². The third-order valence-electron chi connectivity index (χ3n) is 2.82. The zero-order chi connectivity index (χ0) is 12.8. The van der Waals surface area contributed by atoms with Crippen molar-refractivity contribution in [1.82, 2.24) is 0 Å². The smallest absolute Gasteiger partial charge is 0.303 e. The van der Waals surface area contributed by atoms with E-state index in [0.29, 0.717) is 6.42 Å². The highest BCUT2D eigenvalue weighted by Gasteiger charge is 1.96. The molecule has 17 heavy (non-hydrogen) atoms. The minimum absolute atomic E-state index is 0.333. The van der Waals surface area contributed by atoms with E-state index in [1.54, 1.807) is 0 Å².